The molecule has 16 heteroatoms. The fourth-order valence-electron chi connectivity index (χ4n) is 4.69. The molecule has 2 amide bonds. The van der Waals surface area contributed by atoms with Crippen LogP contribution in [0.15, 0.2) is 28.4 Å². The van der Waals surface area contributed by atoms with Crippen LogP contribution in [0.25, 0.3) is 21.7 Å². The van der Waals surface area contributed by atoms with Crippen LogP contribution in [0.3, 0.4) is 0 Å². The SMILES string of the molecule is CN1CCC(NC(=O)c2csc3c2cc(-c2noc(CNC(=O)c4cnn(C(C)(C)C)c4)n2)n3CC(F)(F)F)C(F)C1. The Morgan fingerprint density at radius 3 is 2.64 bits per heavy atom. The lowest BCUT2D eigenvalue weighted by Crippen LogP contribution is -2.51. The first-order valence-electron chi connectivity index (χ1n) is 13.2. The summed E-state index contributed by atoms with van der Waals surface area (Å²) < 4.78 is 63.1. The van der Waals surface area contributed by atoms with E-state index in [1.165, 1.54) is 17.6 Å². The van der Waals surface area contributed by atoms with Crippen LogP contribution < -0.4 is 10.6 Å². The second-order valence-electron chi connectivity index (χ2n) is 11.3. The predicted octanol–water partition coefficient (Wildman–Crippen LogP) is 3.97. The molecule has 5 rings (SSSR count). The van der Waals surface area contributed by atoms with E-state index in [1.807, 2.05) is 25.7 Å². The zero-order valence-corrected chi connectivity index (χ0v) is 24.1. The molecule has 42 heavy (non-hydrogen) atoms. The van der Waals surface area contributed by atoms with Crippen LogP contribution >= 0.6 is 11.3 Å². The molecule has 1 aliphatic heterocycles. The van der Waals surface area contributed by atoms with Crippen LogP contribution in [0.5, 0.6) is 0 Å². The molecule has 0 spiro atoms. The number of thiophene rings is 1. The largest absolute Gasteiger partial charge is 0.406 e. The Kier molecular flexibility index (Phi) is 7.87. The molecule has 226 valence electrons. The number of amides is 2. The Balaban J connectivity index is 1.36. The Bertz CT molecular complexity index is 1600. The van der Waals surface area contributed by atoms with Gasteiger partial charge in [0.1, 0.15) is 17.5 Å². The molecule has 1 aliphatic rings. The third-order valence-electron chi connectivity index (χ3n) is 6.90. The number of carbonyl (C=O) groups excluding carboxylic acids is 2. The number of nitrogens with zero attached hydrogens (tertiary/aromatic N) is 6. The number of fused-ring (bicyclic) bond motifs is 1. The van der Waals surface area contributed by atoms with Crippen LogP contribution in [-0.2, 0) is 18.6 Å². The van der Waals surface area contributed by atoms with Gasteiger partial charge in [-0.05, 0) is 40.3 Å². The van der Waals surface area contributed by atoms with E-state index in [-0.39, 0.29) is 51.8 Å². The summed E-state index contributed by atoms with van der Waals surface area (Å²) in [6.45, 7) is 5.07. The van der Waals surface area contributed by atoms with E-state index < -0.39 is 36.7 Å². The second-order valence-corrected chi connectivity index (χ2v) is 12.1. The molecule has 0 bridgehead atoms. The van der Waals surface area contributed by atoms with E-state index in [0.29, 0.717) is 18.5 Å². The minimum Gasteiger partial charge on any atom is -0.346 e. The van der Waals surface area contributed by atoms with Gasteiger partial charge in [0.2, 0.25) is 11.7 Å². The van der Waals surface area contributed by atoms with Crippen LogP contribution in [0.1, 0.15) is 53.8 Å². The van der Waals surface area contributed by atoms with Gasteiger partial charge >= 0.3 is 6.18 Å². The van der Waals surface area contributed by atoms with Gasteiger partial charge in [0, 0.05) is 30.1 Å². The smallest absolute Gasteiger partial charge is 0.346 e. The number of likely N-dealkylation sites (tertiary alicyclic amines) is 1. The maximum atomic E-state index is 14.5. The van der Waals surface area contributed by atoms with Crippen molar-refractivity contribution in [2.75, 3.05) is 20.1 Å². The van der Waals surface area contributed by atoms with Gasteiger partial charge in [0.25, 0.3) is 11.8 Å². The Morgan fingerprint density at radius 1 is 1.21 bits per heavy atom. The minimum atomic E-state index is -4.58. The lowest BCUT2D eigenvalue weighted by Gasteiger charge is -2.32. The fourth-order valence-corrected chi connectivity index (χ4v) is 5.74. The van der Waals surface area contributed by atoms with E-state index in [2.05, 4.69) is 25.9 Å². The van der Waals surface area contributed by atoms with Gasteiger partial charge in [-0.25, -0.2) is 4.39 Å². The van der Waals surface area contributed by atoms with E-state index in [4.69, 9.17) is 4.52 Å². The molecule has 2 atom stereocenters. The zero-order valence-electron chi connectivity index (χ0n) is 23.3. The molecule has 11 nitrogen and oxygen atoms in total. The van der Waals surface area contributed by atoms with Crippen molar-refractivity contribution < 1.29 is 31.7 Å². The van der Waals surface area contributed by atoms with Crippen molar-refractivity contribution >= 4 is 33.4 Å². The first kappa shape index (κ1) is 29.7. The van der Waals surface area contributed by atoms with Gasteiger partial charge in [0.05, 0.1) is 41.1 Å². The van der Waals surface area contributed by atoms with Crippen molar-refractivity contribution in [3.63, 3.8) is 0 Å². The number of hydrogen-bond donors (Lipinski definition) is 2. The molecule has 0 aliphatic carbocycles. The summed E-state index contributed by atoms with van der Waals surface area (Å²) in [5.41, 5.74) is 0.116. The van der Waals surface area contributed by atoms with Gasteiger partial charge in [0.15, 0.2) is 0 Å². The van der Waals surface area contributed by atoms with E-state index in [9.17, 15) is 27.2 Å². The summed E-state index contributed by atoms with van der Waals surface area (Å²) >= 11 is 0.960. The van der Waals surface area contributed by atoms with Gasteiger partial charge in [-0.1, -0.05) is 5.16 Å². The van der Waals surface area contributed by atoms with Crippen molar-refractivity contribution in [2.45, 2.75) is 64.2 Å². The molecule has 0 radical (unpaired) electrons. The number of aromatic nitrogens is 5. The minimum absolute atomic E-state index is 0.0151. The first-order valence-corrected chi connectivity index (χ1v) is 14.0. The van der Waals surface area contributed by atoms with Crippen LogP contribution in [0.4, 0.5) is 17.6 Å². The molecule has 2 N–H and O–H groups in total. The van der Waals surface area contributed by atoms with E-state index >= 15 is 0 Å². The maximum Gasteiger partial charge on any atom is 0.406 e. The Labute approximate surface area is 241 Å². The highest BCUT2D eigenvalue weighted by Gasteiger charge is 2.34. The average molecular weight is 611 g/mol. The Hall–Kier alpha value is -3.79. The fraction of sp³-hybridized carbons (Fsp3) is 0.500. The van der Waals surface area contributed by atoms with Crippen molar-refractivity contribution in [2.24, 2.45) is 0 Å². The molecule has 1 saturated heterocycles. The summed E-state index contributed by atoms with van der Waals surface area (Å²) in [6, 6.07) is 0.695. The normalized spacial score (nSPS) is 18.5. The number of nitrogens with one attached hydrogen (secondary N) is 2. The molecular weight excluding hydrogens is 580 g/mol. The predicted molar refractivity (Wildman–Crippen MR) is 146 cm³/mol. The van der Waals surface area contributed by atoms with E-state index in [0.717, 1.165) is 15.9 Å². The number of alkyl halides is 4. The number of halogens is 4. The second kappa shape index (κ2) is 11.1. The standard InChI is InChI=1S/C26H30F4N8O3S/c1-25(2,3)38-10-14(8-32-38)22(39)31-9-20-34-21(35-41-20)19-7-15-16(12-42-24(15)37(19)13-26(28,29)30)23(40)33-18-5-6-36(4)11-17(18)27/h7-8,10,12,17-18H,5-6,9,11,13H2,1-4H3,(H,31,39)(H,33,40). The lowest BCUT2D eigenvalue weighted by molar-refractivity contribution is -0.139. The molecule has 5 heterocycles. The molecule has 2 unspecified atom stereocenters. The van der Waals surface area contributed by atoms with Crippen molar-refractivity contribution in [3.05, 3.63) is 40.9 Å². The molecule has 4 aromatic heterocycles. The average Bonchev–Trinajstić information content (AvgIpc) is 3.68. The van der Waals surface area contributed by atoms with Crippen LogP contribution in [-0.4, -0.2) is 79.7 Å². The zero-order chi connectivity index (χ0) is 30.4. The number of carbonyl (C=O) groups is 2. The number of piperidine rings is 1. The number of hydrogen-bond acceptors (Lipinski definition) is 8. The van der Waals surface area contributed by atoms with Crippen molar-refractivity contribution in [3.8, 4) is 11.5 Å². The third-order valence-corrected chi connectivity index (χ3v) is 7.92. The third kappa shape index (κ3) is 6.33. The van der Waals surface area contributed by atoms with Crippen molar-refractivity contribution in [1.82, 2.24) is 40.0 Å². The van der Waals surface area contributed by atoms with Crippen molar-refractivity contribution in [1.29, 1.82) is 0 Å². The molecule has 4 aromatic rings. The van der Waals surface area contributed by atoms with Crippen LogP contribution in [0.2, 0.25) is 0 Å². The highest BCUT2D eigenvalue weighted by atomic mass is 32.1. The van der Waals surface area contributed by atoms with Gasteiger partial charge in [-0.15, -0.1) is 11.3 Å². The maximum absolute atomic E-state index is 14.5. The number of rotatable bonds is 7. The molecule has 0 saturated carbocycles. The summed E-state index contributed by atoms with van der Waals surface area (Å²) in [6.07, 6.45) is -2.41. The topological polar surface area (TPSA) is 123 Å². The summed E-state index contributed by atoms with van der Waals surface area (Å²) in [5, 5.41) is 15.1. The summed E-state index contributed by atoms with van der Waals surface area (Å²) in [4.78, 5) is 31.8. The van der Waals surface area contributed by atoms with Gasteiger partial charge in [-0.2, -0.15) is 23.3 Å². The van der Waals surface area contributed by atoms with Gasteiger partial charge in [-0.3, -0.25) is 14.3 Å². The summed E-state index contributed by atoms with van der Waals surface area (Å²) in [5.74, 6) is -1.18. The quantitative estimate of drug-likeness (QED) is 0.304. The highest BCUT2D eigenvalue weighted by Crippen LogP contribution is 2.36. The Morgan fingerprint density at radius 2 is 1.98 bits per heavy atom. The molecule has 1 fully saturated rings. The van der Waals surface area contributed by atoms with Gasteiger partial charge < -0.3 is 24.6 Å². The first-order chi connectivity index (χ1) is 19.7. The van der Waals surface area contributed by atoms with E-state index in [1.54, 1.807) is 17.9 Å². The summed E-state index contributed by atoms with van der Waals surface area (Å²) in [7, 11) is 1.79. The highest BCUT2D eigenvalue weighted by molar-refractivity contribution is 7.17. The van der Waals surface area contributed by atoms with Crippen LogP contribution in [0, 0.1) is 0 Å². The molecular formula is C26H30F4N8O3S. The monoisotopic (exact) mass is 610 g/mol. The molecule has 0 aromatic carbocycles. The lowest BCUT2D eigenvalue weighted by atomic mass is 10.0.